The number of likely N-dealkylation sites (N-methyl/N-ethyl adjacent to an activating group) is 1. The minimum atomic E-state index is -0.346. The summed E-state index contributed by atoms with van der Waals surface area (Å²) in [5.41, 5.74) is 0.955. The summed E-state index contributed by atoms with van der Waals surface area (Å²) in [5, 5.41) is 0. The van der Waals surface area contributed by atoms with E-state index in [0.29, 0.717) is 19.6 Å². The Morgan fingerprint density at radius 1 is 1.35 bits per heavy atom. The van der Waals surface area contributed by atoms with Gasteiger partial charge in [0, 0.05) is 25.7 Å². The first-order chi connectivity index (χ1) is 11.2. The molecule has 1 aliphatic heterocycles. The van der Waals surface area contributed by atoms with Crippen LogP contribution in [-0.2, 0) is 16.1 Å². The van der Waals surface area contributed by atoms with Gasteiger partial charge in [-0.05, 0) is 25.3 Å². The van der Waals surface area contributed by atoms with Gasteiger partial charge >= 0.3 is 6.09 Å². The van der Waals surface area contributed by atoms with Crippen LogP contribution in [0.3, 0.4) is 0 Å². The van der Waals surface area contributed by atoms with Gasteiger partial charge in [0.2, 0.25) is 5.91 Å². The Hall–Kier alpha value is -1.75. The first-order valence-electron chi connectivity index (χ1n) is 7.96. The van der Waals surface area contributed by atoms with Gasteiger partial charge in [0.1, 0.15) is 12.5 Å². The Morgan fingerprint density at radius 2 is 2.09 bits per heavy atom. The summed E-state index contributed by atoms with van der Waals surface area (Å²) < 4.78 is 5.37. The second-order valence-corrected chi connectivity index (χ2v) is 5.86. The maximum absolute atomic E-state index is 12.3. The van der Waals surface area contributed by atoms with Crippen LogP contribution in [0.2, 0.25) is 0 Å². The monoisotopic (exact) mass is 338 g/mol. The number of halogens is 1. The van der Waals surface area contributed by atoms with Gasteiger partial charge < -0.3 is 14.5 Å². The van der Waals surface area contributed by atoms with Crippen molar-refractivity contribution >= 4 is 23.6 Å². The fourth-order valence-corrected chi connectivity index (χ4v) is 2.98. The van der Waals surface area contributed by atoms with Crippen molar-refractivity contribution in [2.45, 2.75) is 32.4 Å². The summed E-state index contributed by atoms with van der Waals surface area (Å²) in [6.07, 6.45) is 1.50. The third kappa shape index (κ3) is 4.86. The first kappa shape index (κ1) is 17.6. The summed E-state index contributed by atoms with van der Waals surface area (Å²) in [5.74, 6) is -0.0796. The summed E-state index contributed by atoms with van der Waals surface area (Å²) in [7, 11) is 0. The van der Waals surface area contributed by atoms with E-state index in [2.05, 4.69) is 0 Å². The lowest BCUT2D eigenvalue weighted by atomic mass is 10.2. The molecule has 0 N–H and O–H groups in total. The zero-order valence-corrected chi connectivity index (χ0v) is 14.2. The van der Waals surface area contributed by atoms with E-state index in [1.165, 1.54) is 0 Å². The Morgan fingerprint density at radius 3 is 2.74 bits per heavy atom. The Bertz CT molecular complexity index is 524. The number of alkyl halides is 1. The van der Waals surface area contributed by atoms with Crippen LogP contribution in [0.15, 0.2) is 30.3 Å². The van der Waals surface area contributed by atoms with E-state index in [1.54, 1.807) is 9.80 Å². The second-order valence-electron chi connectivity index (χ2n) is 5.60. The lowest BCUT2D eigenvalue weighted by Crippen LogP contribution is -2.45. The quantitative estimate of drug-likeness (QED) is 0.749. The van der Waals surface area contributed by atoms with E-state index in [9.17, 15) is 9.59 Å². The van der Waals surface area contributed by atoms with Crippen LogP contribution < -0.4 is 0 Å². The molecule has 0 aromatic heterocycles. The second kappa shape index (κ2) is 8.77. The van der Waals surface area contributed by atoms with Gasteiger partial charge in [-0.25, -0.2) is 4.79 Å². The number of rotatable bonds is 6. The molecular weight excluding hydrogens is 316 g/mol. The molecule has 1 saturated heterocycles. The Kier molecular flexibility index (Phi) is 6.71. The average molecular weight is 339 g/mol. The summed E-state index contributed by atoms with van der Waals surface area (Å²) >= 11 is 5.65. The molecule has 0 spiro atoms. The largest absolute Gasteiger partial charge is 0.445 e. The van der Waals surface area contributed by atoms with Crippen molar-refractivity contribution in [3.05, 3.63) is 35.9 Å². The summed E-state index contributed by atoms with van der Waals surface area (Å²) in [6, 6.07) is 9.62. The molecule has 1 fully saturated rings. The molecule has 0 unspecified atom stereocenters. The number of carbonyl (C=O) groups excluding carboxylic acids is 2. The van der Waals surface area contributed by atoms with Crippen molar-refractivity contribution in [3.63, 3.8) is 0 Å². The molecule has 1 aromatic carbocycles. The van der Waals surface area contributed by atoms with Gasteiger partial charge in [0.05, 0.1) is 0 Å². The SMILES string of the molecule is CCN(C[C@H]1CCCN1C(=O)CCl)C(=O)OCc1ccccc1. The highest BCUT2D eigenvalue weighted by molar-refractivity contribution is 6.27. The van der Waals surface area contributed by atoms with E-state index < -0.39 is 0 Å². The lowest BCUT2D eigenvalue weighted by molar-refractivity contribution is -0.129. The molecule has 0 saturated carbocycles. The van der Waals surface area contributed by atoms with Crippen molar-refractivity contribution in [1.82, 2.24) is 9.80 Å². The third-order valence-corrected chi connectivity index (χ3v) is 4.32. The van der Waals surface area contributed by atoms with Crippen LogP contribution in [0, 0.1) is 0 Å². The maximum Gasteiger partial charge on any atom is 0.410 e. The molecule has 0 radical (unpaired) electrons. The van der Waals surface area contributed by atoms with Crippen molar-refractivity contribution in [3.8, 4) is 0 Å². The van der Waals surface area contributed by atoms with Crippen molar-refractivity contribution in [2.24, 2.45) is 0 Å². The number of hydrogen-bond acceptors (Lipinski definition) is 3. The molecule has 6 heteroatoms. The first-order valence-corrected chi connectivity index (χ1v) is 8.50. The van der Waals surface area contributed by atoms with Crippen LogP contribution in [0.5, 0.6) is 0 Å². The number of benzene rings is 1. The normalized spacial score (nSPS) is 17.1. The average Bonchev–Trinajstić information content (AvgIpc) is 3.06. The predicted octanol–water partition coefficient (Wildman–Crippen LogP) is 2.87. The van der Waals surface area contributed by atoms with Crippen LogP contribution >= 0.6 is 11.6 Å². The fraction of sp³-hybridized carbons (Fsp3) is 0.529. The summed E-state index contributed by atoms with van der Waals surface area (Å²) in [4.78, 5) is 27.5. The van der Waals surface area contributed by atoms with E-state index in [0.717, 1.165) is 18.4 Å². The highest BCUT2D eigenvalue weighted by atomic mass is 35.5. The zero-order chi connectivity index (χ0) is 16.7. The number of hydrogen-bond donors (Lipinski definition) is 0. The van der Waals surface area contributed by atoms with E-state index in [1.807, 2.05) is 37.3 Å². The molecule has 1 aliphatic rings. The molecule has 0 aliphatic carbocycles. The number of likely N-dealkylation sites (tertiary alicyclic amines) is 1. The minimum Gasteiger partial charge on any atom is -0.445 e. The number of nitrogens with zero attached hydrogens (tertiary/aromatic N) is 2. The van der Waals surface area contributed by atoms with Gasteiger partial charge in [-0.3, -0.25) is 4.79 Å². The third-order valence-electron chi connectivity index (χ3n) is 4.09. The van der Waals surface area contributed by atoms with Gasteiger partial charge in [-0.15, -0.1) is 11.6 Å². The van der Waals surface area contributed by atoms with Crippen LogP contribution in [0.25, 0.3) is 0 Å². The molecule has 2 rings (SSSR count). The zero-order valence-electron chi connectivity index (χ0n) is 13.4. The molecule has 1 atom stereocenters. The molecule has 126 valence electrons. The van der Waals surface area contributed by atoms with Crippen molar-refractivity contribution < 1.29 is 14.3 Å². The fourth-order valence-electron chi connectivity index (χ4n) is 2.83. The van der Waals surface area contributed by atoms with Crippen molar-refractivity contribution in [2.75, 3.05) is 25.5 Å². The maximum atomic E-state index is 12.3. The van der Waals surface area contributed by atoms with Crippen LogP contribution in [0.4, 0.5) is 4.79 Å². The van der Waals surface area contributed by atoms with Gasteiger partial charge in [0.25, 0.3) is 0 Å². The minimum absolute atomic E-state index is 0.0128. The highest BCUT2D eigenvalue weighted by Crippen LogP contribution is 2.19. The van der Waals surface area contributed by atoms with Crippen LogP contribution in [0.1, 0.15) is 25.3 Å². The molecule has 1 aromatic rings. The van der Waals surface area contributed by atoms with E-state index >= 15 is 0 Å². The molecule has 0 bridgehead atoms. The van der Waals surface area contributed by atoms with Gasteiger partial charge in [-0.1, -0.05) is 30.3 Å². The standard InChI is InChI=1S/C17H23ClN2O3/c1-2-19(12-15-9-6-10-20(15)16(21)11-18)17(22)23-13-14-7-4-3-5-8-14/h3-5,7-8,15H,2,6,9-13H2,1H3/t15-/m1/s1. The Labute approximate surface area is 142 Å². The molecular formula is C17H23ClN2O3. The number of ether oxygens (including phenoxy) is 1. The number of amides is 2. The van der Waals surface area contributed by atoms with Gasteiger partial charge in [-0.2, -0.15) is 0 Å². The summed E-state index contributed by atoms with van der Waals surface area (Å²) in [6.45, 7) is 3.92. The van der Waals surface area contributed by atoms with Crippen LogP contribution in [-0.4, -0.2) is 53.4 Å². The van der Waals surface area contributed by atoms with E-state index in [-0.39, 0.29) is 30.5 Å². The highest BCUT2D eigenvalue weighted by Gasteiger charge is 2.30. The molecule has 1 heterocycles. The number of carbonyl (C=O) groups is 2. The Balaban J connectivity index is 1.88. The molecule has 23 heavy (non-hydrogen) atoms. The van der Waals surface area contributed by atoms with Gasteiger partial charge in [0.15, 0.2) is 0 Å². The topological polar surface area (TPSA) is 49.9 Å². The van der Waals surface area contributed by atoms with Crippen molar-refractivity contribution in [1.29, 1.82) is 0 Å². The smallest absolute Gasteiger partial charge is 0.410 e. The molecule has 5 nitrogen and oxygen atoms in total. The van der Waals surface area contributed by atoms with E-state index in [4.69, 9.17) is 16.3 Å². The lowest BCUT2D eigenvalue weighted by Gasteiger charge is -2.29. The predicted molar refractivity (Wildman–Crippen MR) is 89.3 cm³/mol. The molecule has 2 amide bonds.